The zero-order chi connectivity index (χ0) is 10.8. The fourth-order valence-electron chi connectivity index (χ4n) is 2.49. The van der Waals surface area contributed by atoms with Gasteiger partial charge in [0, 0.05) is 6.10 Å². The third-order valence-electron chi connectivity index (χ3n) is 2.87. The molecule has 1 aliphatic carbocycles. The normalized spacial score (nSPS) is 28.7. The van der Waals surface area contributed by atoms with Crippen molar-refractivity contribution >= 4 is 8.32 Å². The van der Waals surface area contributed by atoms with Gasteiger partial charge >= 0.3 is 0 Å². The van der Waals surface area contributed by atoms with Crippen LogP contribution in [0.4, 0.5) is 0 Å². The molecule has 1 rings (SSSR count). The van der Waals surface area contributed by atoms with Crippen molar-refractivity contribution in [3.05, 3.63) is 0 Å². The summed E-state index contributed by atoms with van der Waals surface area (Å²) in [6.07, 6.45) is 6.03. The average Bonchev–Trinajstić information content (AvgIpc) is 2.32. The molecule has 0 saturated heterocycles. The van der Waals surface area contributed by atoms with Gasteiger partial charge in [-0.15, -0.1) is 0 Å². The van der Waals surface area contributed by atoms with Gasteiger partial charge < -0.3 is 4.43 Å². The maximum absolute atomic E-state index is 6.25. The van der Waals surface area contributed by atoms with Crippen LogP contribution < -0.4 is 0 Å². The summed E-state index contributed by atoms with van der Waals surface area (Å²) in [4.78, 5) is 0. The first kappa shape index (κ1) is 12.2. The molecule has 0 N–H and O–H groups in total. The van der Waals surface area contributed by atoms with Crippen molar-refractivity contribution in [1.82, 2.24) is 0 Å². The Bertz CT molecular complexity index is 172. The molecule has 0 aromatic heterocycles. The second-order valence-electron chi connectivity index (χ2n) is 6.09. The molecule has 2 unspecified atom stereocenters. The van der Waals surface area contributed by atoms with Crippen LogP contribution in [0.3, 0.4) is 0 Å². The minimum absolute atomic E-state index is 0.587. The third-order valence-corrected chi connectivity index (χ3v) is 3.88. The van der Waals surface area contributed by atoms with Crippen molar-refractivity contribution in [3.8, 4) is 0 Å². The van der Waals surface area contributed by atoms with Crippen LogP contribution in [0.2, 0.25) is 19.6 Å². The summed E-state index contributed by atoms with van der Waals surface area (Å²) in [5.74, 6) is 1.67. The Morgan fingerprint density at radius 3 is 2.36 bits per heavy atom. The van der Waals surface area contributed by atoms with Crippen molar-refractivity contribution in [2.75, 3.05) is 0 Å². The molecule has 84 valence electrons. The van der Waals surface area contributed by atoms with Crippen molar-refractivity contribution in [3.63, 3.8) is 0 Å². The summed E-state index contributed by atoms with van der Waals surface area (Å²) in [6.45, 7) is 11.6. The number of hydrogen-bond donors (Lipinski definition) is 0. The van der Waals surface area contributed by atoms with Gasteiger partial charge in [-0.2, -0.15) is 0 Å². The number of hydrogen-bond acceptors (Lipinski definition) is 1. The van der Waals surface area contributed by atoms with Crippen molar-refractivity contribution in [1.29, 1.82) is 0 Å². The Balaban J connectivity index is 2.43. The minimum Gasteiger partial charge on any atom is -0.414 e. The molecule has 2 heteroatoms. The lowest BCUT2D eigenvalue weighted by Crippen LogP contribution is -2.34. The van der Waals surface area contributed by atoms with E-state index in [1.165, 1.54) is 25.7 Å². The summed E-state index contributed by atoms with van der Waals surface area (Å²) >= 11 is 0. The largest absolute Gasteiger partial charge is 0.414 e. The van der Waals surface area contributed by atoms with E-state index in [2.05, 4.69) is 33.5 Å². The quantitative estimate of drug-likeness (QED) is 0.641. The standard InChI is InChI=1S/C12H26OSi/c1-10(2)9-11-7-6-8-12(11)13-14(3,4)5/h10-12H,6-9H2,1-5H3. The van der Waals surface area contributed by atoms with E-state index in [-0.39, 0.29) is 0 Å². The zero-order valence-corrected chi connectivity index (χ0v) is 11.5. The lowest BCUT2D eigenvalue weighted by molar-refractivity contribution is 0.138. The first-order chi connectivity index (χ1) is 6.38. The molecule has 1 fully saturated rings. The lowest BCUT2D eigenvalue weighted by Gasteiger charge is -2.28. The molecule has 0 bridgehead atoms. The van der Waals surface area contributed by atoms with Gasteiger partial charge in [0.1, 0.15) is 0 Å². The Kier molecular flexibility index (Phi) is 4.20. The molecule has 1 aliphatic rings. The highest BCUT2D eigenvalue weighted by atomic mass is 28.4. The third kappa shape index (κ3) is 4.14. The van der Waals surface area contributed by atoms with Gasteiger partial charge in [-0.05, 0) is 50.7 Å². The first-order valence-electron chi connectivity index (χ1n) is 6.06. The predicted octanol–water partition coefficient (Wildman–Crippen LogP) is 4.05. The van der Waals surface area contributed by atoms with E-state index < -0.39 is 8.32 Å². The smallest absolute Gasteiger partial charge is 0.184 e. The van der Waals surface area contributed by atoms with Gasteiger partial charge in [-0.3, -0.25) is 0 Å². The van der Waals surface area contributed by atoms with Crippen LogP contribution in [-0.4, -0.2) is 14.4 Å². The van der Waals surface area contributed by atoms with Crippen LogP contribution in [0.25, 0.3) is 0 Å². The second kappa shape index (κ2) is 4.80. The molecule has 0 aromatic carbocycles. The molecule has 0 spiro atoms. The van der Waals surface area contributed by atoms with Gasteiger partial charge in [-0.25, -0.2) is 0 Å². The van der Waals surface area contributed by atoms with Gasteiger partial charge in [0.15, 0.2) is 8.32 Å². The molecule has 0 aromatic rings. The van der Waals surface area contributed by atoms with E-state index in [4.69, 9.17) is 4.43 Å². The van der Waals surface area contributed by atoms with E-state index in [0.717, 1.165) is 11.8 Å². The zero-order valence-electron chi connectivity index (χ0n) is 10.5. The van der Waals surface area contributed by atoms with Gasteiger partial charge in [0.05, 0.1) is 0 Å². The molecule has 0 amide bonds. The topological polar surface area (TPSA) is 9.23 Å². The summed E-state index contributed by atoms with van der Waals surface area (Å²) in [7, 11) is -1.32. The molecule has 1 saturated carbocycles. The molecule has 14 heavy (non-hydrogen) atoms. The van der Waals surface area contributed by atoms with Crippen LogP contribution in [0.5, 0.6) is 0 Å². The first-order valence-corrected chi connectivity index (χ1v) is 9.47. The molecule has 0 radical (unpaired) electrons. The van der Waals surface area contributed by atoms with Crippen LogP contribution in [0, 0.1) is 11.8 Å². The van der Waals surface area contributed by atoms with E-state index in [9.17, 15) is 0 Å². The highest BCUT2D eigenvalue weighted by Gasteiger charge is 2.31. The summed E-state index contributed by atoms with van der Waals surface area (Å²) in [5, 5.41) is 0. The number of rotatable bonds is 4. The van der Waals surface area contributed by atoms with Crippen LogP contribution >= 0.6 is 0 Å². The Morgan fingerprint density at radius 1 is 1.21 bits per heavy atom. The van der Waals surface area contributed by atoms with Crippen molar-refractivity contribution in [2.45, 2.75) is 65.3 Å². The van der Waals surface area contributed by atoms with Crippen LogP contribution in [0.1, 0.15) is 39.5 Å². The molecular weight excluding hydrogens is 188 g/mol. The van der Waals surface area contributed by atoms with E-state index in [0.29, 0.717) is 6.10 Å². The monoisotopic (exact) mass is 214 g/mol. The van der Waals surface area contributed by atoms with E-state index >= 15 is 0 Å². The minimum atomic E-state index is -1.32. The fraction of sp³-hybridized carbons (Fsp3) is 1.00. The fourth-order valence-corrected chi connectivity index (χ4v) is 3.71. The summed E-state index contributed by atoms with van der Waals surface area (Å²) in [5.41, 5.74) is 0. The van der Waals surface area contributed by atoms with E-state index in [1.54, 1.807) is 0 Å². The van der Waals surface area contributed by atoms with Gasteiger partial charge in [0.25, 0.3) is 0 Å². The highest BCUT2D eigenvalue weighted by Crippen LogP contribution is 2.34. The van der Waals surface area contributed by atoms with E-state index in [1.807, 2.05) is 0 Å². The van der Waals surface area contributed by atoms with Crippen LogP contribution in [0.15, 0.2) is 0 Å². The van der Waals surface area contributed by atoms with Gasteiger partial charge in [0.2, 0.25) is 0 Å². The summed E-state index contributed by atoms with van der Waals surface area (Å²) < 4.78 is 6.25. The van der Waals surface area contributed by atoms with Crippen LogP contribution in [-0.2, 0) is 4.43 Å². The Hall–Kier alpha value is 0.177. The molecule has 2 atom stereocenters. The Labute approximate surface area is 90.4 Å². The summed E-state index contributed by atoms with van der Waals surface area (Å²) in [6, 6.07) is 0. The molecule has 0 heterocycles. The average molecular weight is 214 g/mol. The molecule has 1 nitrogen and oxygen atoms in total. The Morgan fingerprint density at radius 2 is 1.86 bits per heavy atom. The SMILES string of the molecule is CC(C)CC1CCCC1O[Si](C)(C)C. The maximum atomic E-state index is 6.25. The highest BCUT2D eigenvalue weighted by molar-refractivity contribution is 6.69. The molecule has 0 aliphatic heterocycles. The van der Waals surface area contributed by atoms with Crippen molar-refractivity contribution in [2.24, 2.45) is 11.8 Å². The van der Waals surface area contributed by atoms with Gasteiger partial charge in [-0.1, -0.05) is 20.3 Å². The molecular formula is C12H26OSi. The van der Waals surface area contributed by atoms with Crippen molar-refractivity contribution < 1.29 is 4.43 Å². The predicted molar refractivity (Wildman–Crippen MR) is 65.0 cm³/mol. The maximum Gasteiger partial charge on any atom is 0.184 e. The second-order valence-corrected chi connectivity index (χ2v) is 10.5. The lowest BCUT2D eigenvalue weighted by atomic mass is 9.94.